The first kappa shape index (κ1) is 19.5. The van der Waals surface area contributed by atoms with Crippen LogP contribution in [0.25, 0.3) is 0 Å². The zero-order chi connectivity index (χ0) is 18.4. The van der Waals surface area contributed by atoms with E-state index in [-0.39, 0.29) is 40.4 Å². The van der Waals surface area contributed by atoms with Gasteiger partial charge in [0.15, 0.2) is 0 Å². The normalized spacial score (nSPS) is 14.9. The minimum atomic E-state index is -0.760. The Bertz CT molecular complexity index is 661. The number of carbonyl (C=O) groups excluding carboxylic acids is 3. The van der Waals surface area contributed by atoms with Gasteiger partial charge in [0.2, 0.25) is 11.8 Å². The molecule has 25 heavy (non-hydrogen) atoms. The third-order valence-electron chi connectivity index (χ3n) is 4.03. The van der Waals surface area contributed by atoms with Crippen LogP contribution in [0.3, 0.4) is 0 Å². The number of hydrogen-bond donors (Lipinski definition) is 2. The van der Waals surface area contributed by atoms with Crippen LogP contribution in [0.5, 0.6) is 0 Å². The van der Waals surface area contributed by atoms with Crippen LogP contribution in [0.1, 0.15) is 36.5 Å². The lowest BCUT2D eigenvalue weighted by Gasteiger charge is -2.17. The molecule has 0 aromatic heterocycles. The predicted molar refractivity (Wildman–Crippen MR) is 96.8 cm³/mol. The van der Waals surface area contributed by atoms with Crippen molar-refractivity contribution in [3.05, 3.63) is 33.8 Å². The number of carbonyl (C=O) groups is 3. The molecule has 6 nitrogen and oxygen atoms in total. The molecule has 0 bridgehead atoms. The molecule has 0 aliphatic carbocycles. The van der Waals surface area contributed by atoms with Crippen molar-refractivity contribution < 1.29 is 14.4 Å². The number of rotatable bonds is 6. The fraction of sp³-hybridized carbons (Fsp3) is 0.471. The van der Waals surface area contributed by atoms with Gasteiger partial charge < -0.3 is 15.5 Å². The molecule has 0 radical (unpaired) electrons. The highest BCUT2D eigenvalue weighted by molar-refractivity contribution is 6.43. The lowest BCUT2D eigenvalue weighted by molar-refractivity contribution is -0.130. The molecule has 136 valence electrons. The third-order valence-corrected chi connectivity index (χ3v) is 4.85. The topological polar surface area (TPSA) is 78.5 Å². The Balaban J connectivity index is 1.78. The van der Waals surface area contributed by atoms with E-state index in [1.807, 2.05) is 0 Å². The molecule has 1 fully saturated rings. The van der Waals surface area contributed by atoms with Crippen molar-refractivity contribution in [2.45, 2.75) is 32.2 Å². The monoisotopic (exact) mass is 385 g/mol. The van der Waals surface area contributed by atoms with Gasteiger partial charge in [0.1, 0.15) is 6.04 Å². The summed E-state index contributed by atoms with van der Waals surface area (Å²) in [5, 5.41) is 5.64. The van der Waals surface area contributed by atoms with Crippen molar-refractivity contribution in [3.63, 3.8) is 0 Å². The van der Waals surface area contributed by atoms with Crippen LogP contribution < -0.4 is 10.6 Å². The molecule has 1 atom stereocenters. The molecule has 0 spiro atoms. The van der Waals surface area contributed by atoms with Gasteiger partial charge in [-0.05, 0) is 31.9 Å². The van der Waals surface area contributed by atoms with Crippen molar-refractivity contribution >= 4 is 40.9 Å². The van der Waals surface area contributed by atoms with Crippen LogP contribution >= 0.6 is 23.2 Å². The van der Waals surface area contributed by atoms with E-state index in [9.17, 15) is 14.4 Å². The largest absolute Gasteiger partial charge is 0.354 e. The molecule has 1 aliphatic heterocycles. The molecule has 1 aromatic carbocycles. The van der Waals surface area contributed by atoms with E-state index in [4.69, 9.17) is 23.2 Å². The van der Waals surface area contributed by atoms with Crippen LogP contribution in [-0.4, -0.2) is 48.3 Å². The third kappa shape index (κ3) is 5.34. The summed E-state index contributed by atoms with van der Waals surface area (Å²) in [4.78, 5) is 38.0. The first-order chi connectivity index (χ1) is 11.9. The Labute approximate surface area is 156 Å². The maximum Gasteiger partial charge on any atom is 0.253 e. The van der Waals surface area contributed by atoms with Gasteiger partial charge in [-0.3, -0.25) is 14.4 Å². The van der Waals surface area contributed by atoms with Crippen molar-refractivity contribution in [1.29, 1.82) is 0 Å². The fourth-order valence-electron chi connectivity index (χ4n) is 2.59. The first-order valence-electron chi connectivity index (χ1n) is 8.20. The van der Waals surface area contributed by atoms with Crippen LogP contribution in [0.4, 0.5) is 0 Å². The van der Waals surface area contributed by atoms with Gasteiger partial charge >= 0.3 is 0 Å². The minimum Gasteiger partial charge on any atom is -0.354 e. The Hall–Kier alpha value is -1.79. The van der Waals surface area contributed by atoms with Gasteiger partial charge in [0.25, 0.3) is 5.91 Å². The molecule has 2 rings (SSSR count). The predicted octanol–water partition coefficient (Wildman–Crippen LogP) is 2.24. The Morgan fingerprint density at radius 1 is 1.20 bits per heavy atom. The second kappa shape index (κ2) is 9.06. The molecule has 3 amide bonds. The van der Waals surface area contributed by atoms with Gasteiger partial charge in [-0.15, -0.1) is 0 Å². The fourth-order valence-corrected chi connectivity index (χ4v) is 2.98. The van der Waals surface area contributed by atoms with Crippen LogP contribution in [0.2, 0.25) is 10.0 Å². The molecule has 1 heterocycles. The zero-order valence-corrected chi connectivity index (χ0v) is 15.5. The Morgan fingerprint density at radius 3 is 2.56 bits per heavy atom. The molecule has 1 saturated heterocycles. The highest BCUT2D eigenvalue weighted by atomic mass is 35.5. The summed E-state index contributed by atoms with van der Waals surface area (Å²) in [6.45, 7) is 3.39. The number of hydrogen-bond acceptors (Lipinski definition) is 3. The molecule has 1 aliphatic rings. The maximum absolute atomic E-state index is 12.2. The summed E-state index contributed by atoms with van der Waals surface area (Å²) in [6, 6.07) is 3.96. The van der Waals surface area contributed by atoms with E-state index in [2.05, 4.69) is 10.6 Å². The van der Waals surface area contributed by atoms with Crippen LogP contribution in [0.15, 0.2) is 18.2 Å². The second-order valence-electron chi connectivity index (χ2n) is 5.93. The molecule has 2 N–H and O–H groups in total. The van der Waals surface area contributed by atoms with Crippen molar-refractivity contribution in [1.82, 2.24) is 15.5 Å². The lowest BCUT2D eigenvalue weighted by Crippen LogP contribution is -2.45. The van der Waals surface area contributed by atoms with Crippen molar-refractivity contribution in [2.24, 2.45) is 0 Å². The van der Waals surface area contributed by atoms with Gasteiger partial charge in [0.05, 0.1) is 15.6 Å². The maximum atomic E-state index is 12.2. The molecule has 1 unspecified atom stereocenters. The van der Waals surface area contributed by atoms with Crippen molar-refractivity contribution in [3.8, 4) is 0 Å². The van der Waals surface area contributed by atoms with Crippen LogP contribution in [0, 0.1) is 0 Å². The van der Waals surface area contributed by atoms with Gasteiger partial charge in [0, 0.05) is 26.1 Å². The minimum absolute atomic E-state index is 0.0418. The average molecular weight is 386 g/mol. The quantitative estimate of drug-likeness (QED) is 0.787. The highest BCUT2D eigenvalue weighted by Gasteiger charge is 2.20. The standard InChI is InChI=1S/C17H21Cl2N3O3/c1-11(21-17(25)12-5-4-6-13(18)15(12)19)16(24)20-8-7-14(23)22-9-2-3-10-22/h4-6,11H,2-3,7-10H2,1H3,(H,20,24)(H,21,25). The smallest absolute Gasteiger partial charge is 0.253 e. The summed E-state index contributed by atoms with van der Waals surface area (Å²) in [5.41, 5.74) is 0.207. The summed E-state index contributed by atoms with van der Waals surface area (Å²) < 4.78 is 0. The SMILES string of the molecule is CC(NC(=O)c1cccc(Cl)c1Cl)C(=O)NCCC(=O)N1CCCC1. The zero-order valence-electron chi connectivity index (χ0n) is 14.0. The van der Waals surface area contributed by atoms with Gasteiger partial charge in [-0.25, -0.2) is 0 Å². The van der Waals surface area contributed by atoms with E-state index in [1.54, 1.807) is 24.0 Å². The number of likely N-dealkylation sites (tertiary alicyclic amines) is 1. The first-order valence-corrected chi connectivity index (χ1v) is 8.96. The number of nitrogens with one attached hydrogen (secondary N) is 2. The molecular formula is C17H21Cl2N3O3. The molecule has 1 aromatic rings. The van der Waals surface area contributed by atoms with Crippen LogP contribution in [-0.2, 0) is 9.59 Å². The Kier molecular flexibility index (Phi) is 7.08. The van der Waals surface area contributed by atoms with Gasteiger partial charge in [-0.1, -0.05) is 29.3 Å². The molecule has 8 heteroatoms. The summed E-state index contributed by atoms with van der Waals surface area (Å²) in [5.74, 6) is -0.802. The van der Waals surface area contributed by atoms with E-state index in [0.717, 1.165) is 25.9 Å². The lowest BCUT2D eigenvalue weighted by atomic mass is 10.2. The van der Waals surface area contributed by atoms with E-state index in [1.165, 1.54) is 6.07 Å². The number of nitrogens with zero attached hydrogens (tertiary/aromatic N) is 1. The van der Waals surface area contributed by atoms with E-state index in [0.29, 0.717) is 0 Å². The van der Waals surface area contributed by atoms with E-state index >= 15 is 0 Å². The number of halogens is 2. The summed E-state index contributed by atoms with van der Waals surface area (Å²) >= 11 is 11.9. The molecule has 0 saturated carbocycles. The summed E-state index contributed by atoms with van der Waals surface area (Å²) in [7, 11) is 0. The Morgan fingerprint density at radius 2 is 1.88 bits per heavy atom. The summed E-state index contributed by atoms with van der Waals surface area (Å²) in [6.07, 6.45) is 2.33. The number of benzene rings is 1. The number of amides is 3. The second-order valence-corrected chi connectivity index (χ2v) is 6.71. The average Bonchev–Trinajstić information content (AvgIpc) is 3.11. The van der Waals surface area contributed by atoms with Crippen molar-refractivity contribution in [2.75, 3.05) is 19.6 Å². The van der Waals surface area contributed by atoms with Gasteiger partial charge in [-0.2, -0.15) is 0 Å². The van der Waals surface area contributed by atoms with E-state index < -0.39 is 11.9 Å². The highest BCUT2D eigenvalue weighted by Crippen LogP contribution is 2.25. The molecular weight excluding hydrogens is 365 g/mol.